The summed E-state index contributed by atoms with van der Waals surface area (Å²) in [5.41, 5.74) is 3.02. The minimum Gasteiger partial charge on any atom is -0.331 e. The highest BCUT2D eigenvalue weighted by Crippen LogP contribution is 2.25. The molecule has 0 saturated carbocycles. The molecule has 168 valence electrons. The summed E-state index contributed by atoms with van der Waals surface area (Å²) in [6.07, 6.45) is 0. The third-order valence-corrected chi connectivity index (χ3v) is 5.79. The number of amides is 2. The molecule has 0 aliphatic rings. The number of thioether (sulfide) groups is 1. The average molecular weight is 466 g/mol. The molecule has 3 aromatic carbocycles. The molecule has 0 aliphatic heterocycles. The number of rotatable bonds is 7. The zero-order chi connectivity index (χ0) is 23.2. The fraction of sp³-hybridized carbons (Fsp3) is 0.125. The topological polar surface area (TPSA) is 71.8 Å². The van der Waals surface area contributed by atoms with Crippen LogP contribution in [0.4, 0.5) is 19.3 Å². The second-order valence-corrected chi connectivity index (χ2v) is 8.22. The van der Waals surface area contributed by atoms with Crippen molar-refractivity contribution < 1.29 is 13.6 Å². The second-order valence-electron chi connectivity index (χ2n) is 7.28. The van der Waals surface area contributed by atoms with Crippen LogP contribution in [0.2, 0.25) is 0 Å². The zero-order valence-corrected chi connectivity index (χ0v) is 18.6. The van der Waals surface area contributed by atoms with E-state index in [0.717, 1.165) is 28.9 Å². The van der Waals surface area contributed by atoms with E-state index in [4.69, 9.17) is 0 Å². The van der Waals surface area contributed by atoms with Gasteiger partial charge in [0.2, 0.25) is 0 Å². The van der Waals surface area contributed by atoms with E-state index in [1.54, 1.807) is 0 Å². The Morgan fingerprint density at radius 2 is 1.76 bits per heavy atom. The summed E-state index contributed by atoms with van der Waals surface area (Å²) >= 11 is 1.54. The largest absolute Gasteiger partial charge is 0.331 e. The second kappa shape index (κ2) is 10.3. The smallest absolute Gasteiger partial charge is 0.319 e. The Morgan fingerprint density at radius 3 is 2.48 bits per heavy atom. The summed E-state index contributed by atoms with van der Waals surface area (Å²) in [6.45, 7) is 2.06. The Kier molecular flexibility index (Phi) is 6.99. The summed E-state index contributed by atoms with van der Waals surface area (Å²) in [7, 11) is 0. The van der Waals surface area contributed by atoms with Gasteiger partial charge in [0.05, 0.1) is 12.2 Å². The molecule has 33 heavy (non-hydrogen) atoms. The molecule has 0 radical (unpaired) electrons. The Balaban J connectivity index is 1.51. The first kappa shape index (κ1) is 22.5. The SMILES string of the molecule is Cc1ccc(-n2c(CNC(=O)Nc3ccc(F)cc3F)nnc2SCc2ccccc2)cc1. The fourth-order valence-electron chi connectivity index (χ4n) is 3.10. The molecule has 4 rings (SSSR count). The zero-order valence-electron chi connectivity index (χ0n) is 17.8. The summed E-state index contributed by atoms with van der Waals surface area (Å²) in [4.78, 5) is 12.3. The minimum atomic E-state index is -0.854. The van der Waals surface area contributed by atoms with E-state index in [9.17, 15) is 13.6 Å². The lowest BCUT2D eigenvalue weighted by atomic mass is 10.2. The molecule has 0 atom stereocenters. The molecule has 0 bridgehead atoms. The Hall–Kier alpha value is -3.72. The van der Waals surface area contributed by atoms with Gasteiger partial charge in [-0.15, -0.1) is 10.2 Å². The first-order chi connectivity index (χ1) is 16.0. The summed E-state index contributed by atoms with van der Waals surface area (Å²) in [6, 6.07) is 20.2. The van der Waals surface area contributed by atoms with Crippen LogP contribution in [0.1, 0.15) is 17.0 Å². The third kappa shape index (κ3) is 5.75. The lowest BCUT2D eigenvalue weighted by molar-refractivity contribution is 0.251. The predicted molar refractivity (Wildman–Crippen MR) is 124 cm³/mol. The number of carbonyl (C=O) groups is 1. The molecule has 0 unspecified atom stereocenters. The van der Waals surface area contributed by atoms with Crippen LogP contribution in [0.3, 0.4) is 0 Å². The van der Waals surface area contributed by atoms with Crippen molar-refractivity contribution in [3.8, 4) is 5.69 Å². The van der Waals surface area contributed by atoms with Gasteiger partial charge in [-0.1, -0.05) is 59.8 Å². The number of aromatic nitrogens is 3. The van der Waals surface area contributed by atoms with Gasteiger partial charge in [0.25, 0.3) is 0 Å². The molecule has 2 amide bonds. The van der Waals surface area contributed by atoms with Crippen molar-refractivity contribution in [2.45, 2.75) is 24.4 Å². The fourth-order valence-corrected chi connectivity index (χ4v) is 4.03. The predicted octanol–water partition coefficient (Wildman–Crippen LogP) is 5.47. The van der Waals surface area contributed by atoms with Crippen molar-refractivity contribution in [2.75, 3.05) is 5.32 Å². The number of benzene rings is 3. The first-order valence-electron chi connectivity index (χ1n) is 10.2. The molecule has 1 heterocycles. The van der Waals surface area contributed by atoms with E-state index in [1.165, 1.54) is 11.8 Å². The van der Waals surface area contributed by atoms with Gasteiger partial charge in [-0.3, -0.25) is 4.57 Å². The number of halogens is 2. The molecule has 0 spiro atoms. The van der Waals surface area contributed by atoms with E-state index in [1.807, 2.05) is 66.1 Å². The van der Waals surface area contributed by atoms with Crippen molar-refractivity contribution in [3.63, 3.8) is 0 Å². The number of carbonyl (C=O) groups excluding carboxylic acids is 1. The number of nitrogens with zero attached hydrogens (tertiary/aromatic N) is 3. The molecular formula is C24H21F2N5OS. The van der Waals surface area contributed by atoms with Gasteiger partial charge >= 0.3 is 6.03 Å². The number of aryl methyl sites for hydroxylation is 1. The van der Waals surface area contributed by atoms with Crippen LogP contribution < -0.4 is 10.6 Å². The summed E-state index contributed by atoms with van der Waals surface area (Å²) in [5, 5.41) is 14.3. The quantitative estimate of drug-likeness (QED) is 0.355. The summed E-state index contributed by atoms with van der Waals surface area (Å²) in [5.74, 6) is -0.343. The molecule has 0 saturated heterocycles. The minimum absolute atomic E-state index is 0.0570. The normalized spacial score (nSPS) is 10.8. The molecule has 0 aliphatic carbocycles. The average Bonchev–Trinajstić information content (AvgIpc) is 3.22. The van der Waals surface area contributed by atoms with Gasteiger partial charge in [0.1, 0.15) is 11.6 Å². The van der Waals surface area contributed by atoms with Crippen molar-refractivity contribution in [3.05, 3.63) is 101 Å². The monoisotopic (exact) mass is 465 g/mol. The van der Waals surface area contributed by atoms with Crippen LogP contribution >= 0.6 is 11.8 Å². The van der Waals surface area contributed by atoms with E-state index in [-0.39, 0.29) is 12.2 Å². The highest BCUT2D eigenvalue weighted by molar-refractivity contribution is 7.98. The number of nitrogens with one attached hydrogen (secondary N) is 2. The maximum Gasteiger partial charge on any atom is 0.319 e. The van der Waals surface area contributed by atoms with Gasteiger partial charge in [-0.25, -0.2) is 13.6 Å². The van der Waals surface area contributed by atoms with E-state index in [2.05, 4.69) is 20.8 Å². The van der Waals surface area contributed by atoms with Crippen LogP contribution in [0.15, 0.2) is 78.0 Å². The van der Waals surface area contributed by atoms with E-state index in [0.29, 0.717) is 22.8 Å². The number of urea groups is 1. The van der Waals surface area contributed by atoms with Crippen LogP contribution in [0.5, 0.6) is 0 Å². The third-order valence-electron chi connectivity index (χ3n) is 4.79. The standard InChI is InChI=1S/C24H21F2N5OS/c1-16-7-10-19(11-8-16)31-22(29-30-24(31)33-15-17-5-3-2-4-6-17)14-27-23(32)28-21-12-9-18(25)13-20(21)26/h2-13H,14-15H2,1H3,(H2,27,28,32). The molecule has 0 fully saturated rings. The van der Waals surface area contributed by atoms with Crippen LogP contribution in [0, 0.1) is 18.6 Å². The van der Waals surface area contributed by atoms with Gasteiger partial charge in [-0.2, -0.15) is 0 Å². The van der Waals surface area contributed by atoms with Gasteiger partial charge in [-0.05, 0) is 36.8 Å². The van der Waals surface area contributed by atoms with Gasteiger partial charge in [0.15, 0.2) is 11.0 Å². The maximum absolute atomic E-state index is 13.8. The van der Waals surface area contributed by atoms with Crippen LogP contribution in [-0.4, -0.2) is 20.8 Å². The number of hydrogen-bond donors (Lipinski definition) is 2. The highest BCUT2D eigenvalue weighted by Gasteiger charge is 2.16. The number of hydrogen-bond acceptors (Lipinski definition) is 4. The van der Waals surface area contributed by atoms with Crippen LogP contribution in [-0.2, 0) is 12.3 Å². The molecule has 9 heteroatoms. The number of anilines is 1. The lowest BCUT2D eigenvalue weighted by Crippen LogP contribution is -2.29. The van der Waals surface area contributed by atoms with E-state index < -0.39 is 17.7 Å². The van der Waals surface area contributed by atoms with Crippen molar-refractivity contribution in [1.82, 2.24) is 20.1 Å². The summed E-state index contributed by atoms with van der Waals surface area (Å²) < 4.78 is 28.8. The molecule has 2 N–H and O–H groups in total. The molecule has 6 nitrogen and oxygen atoms in total. The van der Waals surface area contributed by atoms with Gasteiger partial charge in [0, 0.05) is 17.5 Å². The Labute approximate surface area is 194 Å². The Bertz CT molecular complexity index is 1250. The van der Waals surface area contributed by atoms with Gasteiger partial charge < -0.3 is 10.6 Å². The molecule has 1 aromatic heterocycles. The Morgan fingerprint density at radius 1 is 1.00 bits per heavy atom. The maximum atomic E-state index is 13.8. The van der Waals surface area contributed by atoms with Crippen molar-refractivity contribution >= 4 is 23.5 Å². The van der Waals surface area contributed by atoms with Crippen molar-refractivity contribution in [1.29, 1.82) is 0 Å². The highest BCUT2D eigenvalue weighted by atomic mass is 32.2. The molecular weight excluding hydrogens is 444 g/mol. The van der Waals surface area contributed by atoms with Crippen LogP contribution in [0.25, 0.3) is 5.69 Å². The van der Waals surface area contributed by atoms with E-state index >= 15 is 0 Å². The van der Waals surface area contributed by atoms with Crippen molar-refractivity contribution in [2.24, 2.45) is 0 Å². The first-order valence-corrected chi connectivity index (χ1v) is 11.2. The lowest BCUT2D eigenvalue weighted by Gasteiger charge is -2.12. The molecule has 4 aromatic rings.